The molecule has 8 nitrogen and oxygen atoms in total. The van der Waals surface area contributed by atoms with Crippen molar-refractivity contribution in [3.05, 3.63) is 46.3 Å². The fraction of sp³-hybridized carbons (Fsp3) is 0.480. The van der Waals surface area contributed by atoms with Crippen LogP contribution >= 0.6 is 0 Å². The summed E-state index contributed by atoms with van der Waals surface area (Å²) in [6, 6.07) is 5.00. The number of nitrogens with zero attached hydrogens (tertiary/aromatic N) is 2. The fourth-order valence-corrected chi connectivity index (χ4v) is 4.25. The number of ketones is 1. The number of aromatic nitrogens is 1. The van der Waals surface area contributed by atoms with Gasteiger partial charge in [0.2, 0.25) is 0 Å². The molecular formula is C25H32N2O6. The van der Waals surface area contributed by atoms with Crippen LogP contribution in [0.3, 0.4) is 0 Å². The summed E-state index contributed by atoms with van der Waals surface area (Å²) >= 11 is 0. The number of methoxy groups -OCH3 is 2. The third-order valence-corrected chi connectivity index (χ3v) is 5.99. The average molecular weight is 457 g/mol. The monoisotopic (exact) mass is 456 g/mol. The van der Waals surface area contributed by atoms with Crippen LogP contribution in [0.15, 0.2) is 18.2 Å². The number of ether oxygens (including phenoxy) is 3. The van der Waals surface area contributed by atoms with Crippen LogP contribution < -0.4 is 9.47 Å². The Labute approximate surface area is 194 Å². The Bertz CT molecular complexity index is 1050. The molecule has 1 heterocycles. The zero-order chi connectivity index (χ0) is 24.3. The van der Waals surface area contributed by atoms with Gasteiger partial charge in [-0.05, 0) is 58.2 Å². The first-order chi connectivity index (χ1) is 15.8. The maximum Gasteiger partial charge on any atom is 0.355 e. The molecule has 1 fully saturated rings. The minimum atomic E-state index is -0.447. The van der Waals surface area contributed by atoms with Crippen molar-refractivity contribution >= 4 is 17.7 Å². The van der Waals surface area contributed by atoms with E-state index in [-0.39, 0.29) is 30.9 Å². The molecule has 0 spiro atoms. The molecule has 178 valence electrons. The van der Waals surface area contributed by atoms with Crippen LogP contribution in [0.1, 0.15) is 69.2 Å². The van der Waals surface area contributed by atoms with Gasteiger partial charge in [-0.2, -0.15) is 0 Å². The zero-order valence-electron chi connectivity index (χ0n) is 20.2. The lowest BCUT2D eigenvalue weighted by molar-refractivity contribution is 0.0512. The SMILES string of the molecule is CCOC(=O)c1c(C)c(C(=O)CN(C(=O)c2cc(OC)cc(OC)c2)C2CC2)c(C)n1CC. The van der Waals surface area contributed by atoms with Crippen LogP contribution in [-0.2, 0) is 11.3 Å². The van der Waals surface area contributed by atoms with Crippen molar-refractivity contribution in [3.8, 4) is 11.5 Å². The van der Waals surface area contributed by atoms with E-state index < -0.39 is 5.97 Å². The van der Waals surface area contributed by atoms with Crippen molar-refractivity contribution in [2.75, 3.05) is 27.4 Å². The standard InChI is InChI=1S/C25H32N2O6/c1-7-26-16(4)22(15(3)23(26)25(30)33-8-2)21(28)14-27(18-9-10-18)24(29)17-11-19(31-5)13-20(12-17)32-6/h11-13,18H,7-10,14H2,1-6H3. The average Bonchev–Trinajstić information content (AvgIpc) is 3.61. The van der Waals surface area contributed by atoms with Gasteiger partial charge in [-0.1, -0.05) is 0 Å². The molecular weight excluding hydrogens is 424 g/mol. The third kappa shape index (κ3) is 4.89. The number of amides is 1. The Balaban J connectivity index is 1.94. The van der Waals surface area contributed by atoms with Gasteiger partial charge in [0.15, 0.2) is 5.78 Å². The van der Waals surface area contributed by atoms with E-state index in [1.54, 1.807) is 41.5 Å². The normalized spacial score (nSPS) is 12.9. The second kappa shape index (κ2) is 10.1. The molecule has 0 bridgehead atoms. The Morgan fingerprint density at radius 2 is 1.64 bits per heavy atom. The van der Waals surface area contributed by atoms with E-state index in [0.29, 0.717) is 46.1 Å². The number of carbonyl (C=O) groups excluding carboxylic acids is 3. The number of benzene rings is 1. The molecule has 8 heteroatoms. The number of esters is 1. The summed E-state index contributed by atoms with van der Waals surface area (Å²) in [6.07, 6.45) is 1.70. The van der Waals surface area contributed by atoms with Crippen molar-refractivity contribution in [2.24, 2.45) is 0 Å². The van der Waals surface area contributed by atoms with E-state index in [9.17, 15) is 14.4 Å². The van der Waals surface area contributed by atoms with Gasteiger partial charge in [0, 0.05) is 35.5 Å². The van der Waals surface area contributed by atoms with Gasteiger partial charge in [0.25, 0.3) is 5.91 Å². The number of carbonyl (C=O) groups is 3. The highest BCUT2D eigenvalue weighted by Gasteiger charge is 2.36. The van der Waals surface area contributed by atoms with Crippen molar-refractivity contribution in [2.45, 2.75) is 53.1 Å². The van der Waals surface area contributed by atoms with E-state index in [2.05, 4.69) is 0 Å². The molecule has 1 aliphatic rings. The summed E-state index contributed by atoms with van der Waals surface area (Å²) in [5.41, 5.74) is 2.56. The smallest absolute Gasteiger partial charge is 0.355 e. The first-order valence-electron chi connectivity index (χ1n) is 11.2. The summed E-state index contributed by atoms with van der Waals surface area (Å²) in [4.78, 5) is 41.0. The molecule has 1 aliphatic carbocycles. The Morgan fingerprint density at radius 1 is 1.03 bits per heavy atom. The largest absolute Gasteiger partial charge is 0.497 e. The van der Waals surface area contributed by atoms with Crippen molar-refractivity contribution < 1.29 is 28.6 Å². The van der Waals surface area contributed by atoms with Gasteiger partial charge in [-0.3, -0.25) is 9.59 Å². The van der Waals surface area contributed by atoms with Crippen molar-refractivity contribution in [3.63, 3.8) is 0 Å². The predicted octanol–water partition coefficient (Wildman–Crippen LogP) is 3.81. The lowest BCUT2D eigenvalue weighted by Crippen LogP contribution is -2.37. The summed E-state index contributed by atoms with van der Waals surface area (Å²) in [5.74, 6) is 0.116. The first-order valence-corrected chi connectivity index (χ1v) is 11.2. The number of Topliss-reactive ketones (excluding diaryl/α,β-unsaturated/α-hetero) is 1. The fourth-order valence-electron chi connectivity index (χ4n) is 4.25. The van der Waals surface area contributed by atoms with Gasteiger partial charge in [0.05, 0.1) is 27.4 Å². The third-order valence-electron chi connectivity index (χ3n) is 5.99. The second-order valence-electron chi connectivity index (χ2n) is 8.09. The molecule has 3 rings (SSSR count). The molecule has 0 unspecified atom stereocenters. The van der Waals surface area contributed by atoms with Gasteiger partial charge in [-0.15, -0.1) is 0 Å². The van der Waals surface area contributed by atoms with E-state index in [1.807, 2.05) is 13.8 Å². The van der Waals surface area contributed by atoms with E-state index in [1.165, 1.54) is 14.2 Å². The highest BCUT2D eigenvalue weighted by atomic mass is 16.5. The molecule has 1 saturated carbocycles. The number of hydrogen-bond donors (Lipinski definition) is 0. The molecule has 0 N–H and O–H groups in total. The maximum atomic E-state index is 13.5. The van der Waals surface area contributed by atoms with E-state index in [4.69, 9.17) is 14.2 Å². The molecule has 1 amide bonds. The van der Waals surface area contributed by atoms with Crippen LogP contribution in [0.4, 0.5) is 0 Å². The minimum absolute atomic E-state index is 0.0112. The second-order valence-corrected chi connectivity index (χ2v) is 8.09. The molecule has 0 aliphatic heterocycles. The van der Waals surface area contributed by atoms with Gasteiger partial charge in [-0.25, -0.2) is 4.79 Å². The lowest BCUT2D eigenvalue weighted by atomic mass is 10.0. The predicted molar refractivity (Wildman–Crippen MR) is 123 cm³/mol. The highest BCUT2D eigenvalue weighted by Crippen LogP contribution is 2.32. The van der Waals surface area contributed by atoms with Crippen LogP contribution in [0, 0.1) is 13.8 Å². The first kappa shape index (κ1) is 24.4. The highest BCUT2D eigenvalue weighted by molar-refractivity contribution is 6.06. The molecule has 0 radical (unpaired) electrons. The Morgan fingerprint density at radius 3 is 2.12 bits per heavy atom. The Hall–Kier alpha value is -3.29. The molecule has 1 aromatic carbocycles. The molecule has 2 aromatic rings. The zero-order valence-corrected chi connectivity index (χ0v) is 20.2. The number of hydrogen-bond acceptors (Lipinski definition) is 6. The summed E-state index contributed by atoms with van der Waals surface area (Å²) in [5, 5.41) is 0. The lowest BCUT2D eigenvalue weighted by Gasteiger charge is -2.22. The van der Waals surface area contributed by atoms with Crippen LogP contribution in [0.5, 0.6) is 11.5 Å². The van der Waals surface area contributed by atoms with Crippen LogP contribution in [0.25, 0.3) is 0 Å². The maximum absolute atomic E-state index is 13.5. The van der Waals surface area contributed by atoms with Crippen LogP contribution in [0.2, 0.25) is 0 Å². The minimum Gasteiger partial charge on any atom is -0.497 e. The molecule has 0 atom stereocenters. The molecule has 0 saturated heterocycles. The Kier molecular flexibility index (Phi) is 7.46. The van der Waals surface area contributed by atoms with Crippen molar-refractivity contribution in [1.82, 2.24) is 9.47 Å². The summed E-state index contributed by atoms with van der Waals surface area (Å²) in [7, 11) is 3.05. The van der Waals surface area contributed by atoms with Crippen LogP contribution in [-0.4, -0.2) is 60.5 Å². The van der Waals surface area contributed by atoms with Gasteiger partial charge in [0.1, 0.15) is 17.2 Å². The summed E-state index contributed by atoms with van der Waals surface area (Å²) < 4.78 is 17.6. The van der Waals surface area contributed by atoms with E-state index in [0.717, 1.165) is 12.8 Å². The molecule has 33 heavy (non-hydrogen) atoms. The quantitative estimate of drug-likeness (QED) is 0.399. The van der Waals surface area contributed by atoms with Crippen molar-refractivity contribution in [1.29, 1.82) is 0 Å². The topological polar surface area (TPSA) is 87.1 Å². The molecule has 1 aromatic heterocycles. The number of rotatable bonds is 10. The van der Waals surface area contributed by atoms with Gasteiger partial charge >= 0.3 is 5.97 Å². The summed E-state index contributed by atoms with van der Waals surface area (Å²) in [6.45, 7) is 7.96. The van der Waals surface area contributed by atoms with Gasteiger partial charge < -0.3 is 23.7 Å². The van der Waals surface area contributed by atoms with E-state index >= 15 is 0 Å².